The molecule has 0 aliphatic heterocycles. The highest BCUT2D eigenvalue weighted by Gasteiger charge is 2.07. The molecule has 0 heterocycles. The van der Waals surface area contributed by atoms with Crippen molar-refractivity contribution in [3.05, 3.63) is 29.3 Å². The van der Waals surface area contributed by atoms with Crippen molar-refractivity contribution in [2.24, 2.45) is 0 Å². The molecule has 0 bridgehead atoms. The summed E-state index contributed by atoms with van der Waals surface area (Å²) in [7, 11) is 0. The third-order valence-corrected chi connectivity index (χ3v) is 2.41. The number of benzene rings is 1. The van der Waals surface area contributed by atoms with Gasteiger partial charge in [0.05, 0.1) is 0 Å². The van der Waals surface area contributed by atoms with E-state index in [9.17, 15) is 4.79 Å². The van der Waals surface area contributed by atoms with Crippen molar-refractivity contribution in [3.8, 4) is 5.75 Å². The summed E-state index contributed by atoms with van der Waals surface area (Å²) in [5.74, 6) is 0.389. The van der Waals surface area contributed by atoms with Crippen LogP contribution < -0.4 is 10.1 Å². The van der Waals surface area contributed by atoms with Crippen LogP contribution in [0.15, 0.2) is 24.3 Å². The van der Waals surface area contributed by atoms with Crippen LogP contribution in [0, 0.1) is 0 Å². The molecule has 0 saturated heterocycles. The van der Waals surface area contributed by atoms with Crippen LogP contribution in [-0.2, 0) is 4.79 Å². The Labute approximate surface area is 106 Å². The fourth-order valence-electron chi connectivity index (χ4n) is 1.26. The molecule has 17 heavy (non-hydrogen) atoms. The van der Waals surface area contributed by atoms with Gasteiger partial charge in [0.15, 0.2) is 6.61 Å². The molecule has 1 aromatic rings. The Balaban J connectivity index is 2.30. The summed E-state index contributed by atoms with van der Waals surface area (Å²) >= 11 is 5.72. The van der Waals surface area contributed by atoms with Crippen LogP contribution in [0.3, 0.4) is 0 Å². The number of amides is 1. The van der Waals surface area contributed by atoms with Gasteiger partial charge in [0.2, 0.25) is 0 Å². The molecule has 0 spiro atoms. The molecule has 2 N–H and O–H groups in total. The van der Waals surface area contributed by atoms with Crippen LogP contribution >= 0.6 is 11.6 Å². The van der Waals surface area contributed by atoms with Gasteiger partial charge in [-0.1, -0.05) is 11.6 Å². The van der Waals surface area contributed by atoms with Gasteiger partial charge < -0.3 is 15.2 Å². The van der Waals surface area contributed by atoms with E-state index in [1.54, 1.807) is 24.3 Å². The number of hydrogen-bond donors (Lipinski definition) is 2. The third-order valence-electron chi connectivity index (χ3n) is 2.15. The first kappa shape index (κ1) is 13.8. The van der Waals surface area contributed by atoms with Gasteiger partial charge in [-0.05, 0) is 37.6 Å². The number of nitrogens with one attached hydrogen (secondary N) is 1. The largest absolute Gasteiger partial charge is 0.484 e. The highest BCUT2D eigenvalue weighted by molar-refractivity contribution is 6.30. The van der Waals surface area contributed by atoms with Gasteiger partial charge in [0.25, 0.3) is 5.91 Å². The maximum Gasteiger partial charge on any atom is 0.258 e. The normalized spacial score (nSPS) is 11.9. The average molecular weight is 258 g/mol. The zero-order chi connectivity index (χ0) is 12.7. The van der Waals surface area contributed by atoms with E-state index in [-0.39, 0.29) is 25.2 Å². The number of aliphatic hydroxyl groups excluding tert-OH is 1. The SMILES string of the molecule is CC(CCO)NC(=O)COc1ccc(Cl)cc1. The maximum absolute atomic E-state index is 11.4. The molecule has 0 fully saturated rings. The van der Waals surface area contributed by atoms with Gasteiger partial charge in [0.1, 0.15) is 5.75 Å². The molecule has 0 aliphatic rings. The summed E-state index contributed by atoms with van der Waals surface area (Å²) < 4.78 is 5.27. The number of ether oxygens (including phenoxy) is 1. The van der Waals surface area contributed by atoms with E-state index in [0.29, 0.717) is 17.2 Å². The van der Waals surface area contributed by atoms with Crippen molar-refractivity contribution in [2.45, 2.75) is 19.4 Å². The second-order valence-corrected chi connectivity index (χ2v) is 4.16. The first-order valence-electron chi connectivity index (χ1n) is 5.40. The van der Waals surface area contributed by atoms with Crippen molar-refractivity contribution in [3.63, 3.8) is 0 Å². The predicted octanol–water partition coefficient (Wildman–Crippen LogP) is 1.61. The van der Waals surface area contributed by atoms with Gasteiger partial charge in [-0.2, -0.15) is 0 Å². The lowest BCUT2D eigenvalue weighted by molar-refractivity contribution is -0.123. The highest BCUT2D eigenvalue weighted by atomic mass is 35.5. The molecule has 0 saturated carbocycles. The number of carbonyl (C=O) groups is 1. The molecule has 1 aromatic carbocycles. The van der Waals surface area contributed by atoms with Gasteiger partial charge in [-0.15, -0.1) is 0 Å². The molecule has 0 radical (unpaired) electrons. The molecular formula is C12H16ClNO3. The molecular weight excluding hydrogens is 242 g/mol. The number of aliphatic hydroxyl groups is 1. The lowest BCUT2D eigenvalue weighted by atomic mass is 10.2. The Bertz CT molecular complexity index is 353. The van der Waals surface area contributed by atoms with E-state index in [1.165, 1.54) is 0 Å². The maximum atomic E-state index is 11.4. The fourth-order valence-corrected chi connectivity index (χ4v) is 1.39. The van der Waals surface area contributed by atoms with Crippen molar-refractivity contribution in [2.75, 3.05) is 13.2 Å². The topological polar surface area (TPSA) is 58.6 Å². The first-order chi connectivity index (χ1) is 8.11. The summed E-state index contributed by atoms with van der Waals surface area (Å²) in [5, 5.41) is 12.0. The van der Waals surface area contributed by atoms with E-state index >= 15 is 0 Å². The molecule has 5 heteroatoms. The molecule has 1 rings (SSSR count). The van der Waals surface area contributed by atoms with Crippen LogP contribution in [0.1, 0.15) is 13.3 Å². The lowest BCUT2D eigenvalue weighted by Gasteiger charge is -2.12. The second-order valence-electron chi connectivity index (χ2n) is 3.72. The van der Waals surface area contributed by atoms with Crippen LogP contribution in [0.2, 0.25) is 5.02 Å². The van der Waals surface area contributed by atoms with Crippen molar-refractivity contribution in [1.82, 2.24) is 5.32 Å². The fraction of sp³-hybridized carbons (Fsp3) is 0.417. The molecule has 0 aromatic heterocycles. The molecule has 1 unspecified atom stereocenters. The predicted molar refractivity (Wildman–Crippen MR) is 66.3 cm³/mol. The molecule has 0 aliphatic carbocycles. The Hall–Kier alpha value is -1.26. The third kappa shape index (κ3) is 5.56. The quantitative estimate of drug-likeness (QED) is 0.814. The Kier molecular flexibility index (Phi) is 5.80. The van der Waals surface area contributed by atoms with Crippen molar-refractivity contribution in [1.29, 1.82) is 0 Å². The summed E-state index contributed by atoms with van der Waals surface area (Å²) in [4.78, 5) is 11.4. The zero-order valence-electron chi connectivity index (χ0n) is 9.65. The van der Waals surface area contributed by atoms with Gasteiger partial charge in [-0.3, -0.25) is 4.79 Å². The lowest BCUT2D eigenvalue weighted by Crippen LogP contribution is -2.36. The van der Waals surface area contributed by atoms with E-state index in [2.05, 4.69) is 5.32 Å². The van der Waals surface area contributed by atoms with E-state index in [4.69, 9.17) is 21.4 Å². The molecule has 4 nitrogen and oxygen atoms in total. The Morgan fingerprint density at radius 1 is 1.47 bits per heavy atom. The van der Waals surface area contributed by atoms with E-state index in [1.807, 2.05) is 6.92 Å². The summed E-state index contributed by atoms with van der Waals surface area (Å²) in [6.45, 7) is 1.84. The number of carbonyl (C=O) groups excluding carboxylic acids is 1. The molecule has 1 amide bonds. The monoisotopic (exact) mass is 257 g/mol. The number of rotatable bonds is 6. The smallest absolute Gasteiger partial charge is 0.258 e. The minimum absolute atomic E-state index is 0.0442. The van der Waals surface area contributed by atoms with Crippen molar-refractivity contribution >= 4 is 17.5 Å². The molecule has 94 valence electrons. The number of halogens is 1. The van der Waals surface area contributed by atoms with Crippen LogP contribution in [-0.4, -0.2) is 30.3 Å². The standard InChI is InChI=1S/C12H16ClNO3/c1-9(6-7-15)14-12(16)8-17-11-4-2-10(13)3-5-11/h2-5,9,15H,6-8H2,1H3,(H,14,16). The van der Waals surface area contributed by atoms with Crippen LogP contribution in [0.5, 0.6) is 5.75 Å². The minimum atomic E-state index is -0.208. The van der Waals surface area contributed by atoms with Gasteiger partial charge in [-0.25, -0.2) is 0 Å². The van der Waals surface area contributed by atoms with Crippen LogP contribution in [0.4, 0.5) is 0 Å². The highest BCUT2D eigenvalue weighted by Crippen LogP contribution is 2.15. The van der Waals surface area contributed by atoms with Gasteiger partial charge >= 0.3 is 0 Å². The second kappa shape index (κ2) is 7.14. The average Bonchev–Trinajstić information content (AvgIpc) is 2.28. The molecule has 1 atom stereocenters. The Morgan fingerprint density at radius 3 is 2.71 bits per heavy atom. The van der Waals surface area contributed by atoms with Gasteiger partial charge in [0, 0.05) is 17.7 Å². The van der Waals surface area contributed by atoms with E-state index < -0.39 is 0 Å². The van der Waals surface area contributed by atoms with Crippen molar-refractivity contribution < 1.29 is 14.6 Å². The summed E-state index contributed by atoms with van der Waals surface area (Å²) in [6, 6.07) is 6.74. The first-order valence-corrected chi connectivity index (χ1v) is 5.78. The minimum Gasteiger partial charge on any atom is -0.484 e. The Morgan fingerprint density at radius 2 is 2.12 bits per heavy atom. The summed E-state index contributed by atoms with van der Waals surface area (Å²) in [6.07, 6.45) is 0.534. The number of hydrogen-bond acceptors (Lipinski definition) is 3. The summed E-state index contributed by atoms with van der Waals surface area (Å²) in [5.41, 5.74) is 0. The van der Waals surface area contributed by atoms with Crippen LogP contribution in [0.25, 0.3) is 0 Å². The zero-order valence-corrected chi connectivity index (χ0v) is 10.4. The van der Waals surface area contributed by atoms with E-state index in [0.717, 1.165) is 0 Å².